The molecule has 0 heterocycles. The summed E-state index contributed by atoms with van der Waals surface area (Å²) in [5.74, 6) is -2.06. The number of carbonyl (C=O) groups is 3. The Hall–Kier alpha value is -3.75. The number of halogens is 2. The molecule has 0 aliphatic carbocycles. The quantitative estimate of drug-likeness (QED) is 0.472. The smallest absolute Gasteiger partial charge is 0.340 e. The third-order valence-electron chi connectivity index (χ3n) is 4.48. The number of esters is 1. The van der Waals surface area contributed by atoms with E-state index in [2.05, 4.69) is 15.4 Å². The standard InChI is InChI=1S/C24H20ClFN2O5/c1-32-24(31)19-12-16(25)8-11-21(19)28-23(30)14-33-13-22(29)27-20-5-3-2-4-18(20)15-6-9-17(26)10-7-15/h2-12H,13-14H2,1H3,(H,27,29)(H,28,30). The van der Waals surface area contributed by atoms with Crippen LogP contribution in [-0.2, 0) is 19.1 Å². The molecular formula is C24H20ClFN2O5. The molecule has 9 heteroatoms. The Labute approximate surface area is 194 Å². The number of hydrogen-bond acceptors (Lipinski definition) is 5. The van der Waals surface area contributed by atoms with Gasteiger partial charge in [-0.15, -0.1) is 0 Å². The summed E-state index contributed by atoms with van der Waals surface area (Å²) in [4.78, 5) is 36.3. The Kier molecular flexibility index (Phi) is 8.12. The molecule has 0 fully saturated rings. The fraction of sp³-hybridized carbons (Fsp3) is 0.125. The van der Waals surface area contributed by atoms with Crippen LogP contribution in [0.5, 0.6) is 0 Å². The summed E-state index contributed by atoms with van der Waals surface area (Å²) >= 11 is 5.89. The summed E-state index contributed by atoms with van der Waals surface area (Å²) < 4.78 is 23.1. The number of benzene rings is 3. The Morgan fingerprint density at radius 2 is 1.52 bits per heavy atom. The zero-order valence-electron chi connectivity index (χ0n) is 17.6. The van der Waals surface area contributed by atoms with Crippen LogP contribution in [0.25, 0.3) is 11.1 Å². The van der Waals surface area contributed by atoms with Gasteiger partial charge in [0.25, 0.3) is 0 Å². The van der Waals surface area contributed by atoms with Crippen molar-refractivity contribution in [1.29, 1.82) is 0 Å². The summed E-state index contributed by atoms with van der Waals surface area (Å²) in [7, 11) is 1.21. The highest BCUT2D eigenvalue weighted by Gasteiger charge is 2.15. The van der Waals surface area contributed by atoms with Crippen LogP contribution in [0.1, 0.15) is 10.4 Å². The van der Waals surface area contributed by atoms with Gasteiger partial charge in [-0.25, -0.2) is 9.18 Å². The number of ether oxygens (including phenoxy) is 2. The Morgan fingerprint density at radius 3 is 2.18 bits per heavy atom. The van der Waals surface area contributed by atoms with E-state index in [-0.39, 0.29) is 23.7 Å². The Morgan fingerprint density at radius 1 is 0.879 bits per heavy atom. The lowest BCUT2D eigenvalue weighted by molar-refractivity contribution is -0.125. The van der Waals surface area contributed by atoms with E-state index in [9.17, 15) is 18.8 Å². The fourth-order valence-electron chi connectivity index (χ4n) is 2.99. The molecular weight excluding hydrogens is 451 g/mol. The van der Waals surface area contributed by atoms with Crippen molar-refractivity contribution in [3.05, 3.63) is 83.1 Å². The second-order valence-corrected chi connectivity index (χ2v) is 7.26. The lowest BCUT2D eigenvalue weighted by Crippen LogP contribution is -2.24. The molecule has 0 spiro atoms. The number of anilines is 2. The van der Waals surface area contributed by atoms with Crippen molar-refractivity contribution in [1.82, 2.24) is 0 Å². The van der Waals surface area contributed by atoms with E-state index in [0.29, 0.717) is 16.3 Å². The number of hydrogen-bond donors (Lipinski definition) is 2. The van der Waals surface area contributed by atoms with E-state index in [4.69, 9.17) is 16.3 Å². The monoisotopic (exact) mass is 470 g/mol. The molecule has 0 unspecified atom stereocenters. The number of amides is 2. The minimum absolute atomic E-state index is 0.0912. The highest BCUT2D eigenvalue weighted by Crippen LogP contribution is 2.28. The molecule has 3 aromatic carbocycles. The lowest BCUT2D eigenvalue weighted by atomic mass is 10.0. The molecule has 170 valence electrons. The summed E-state index contributed by atoms with van der Waals surface area (Å²) in [5, 5.41) is 5.55. The van der Waals surface area contributed by atoms with Crippen LogP contribution in [0.3, 0.4) is 0 Å². The summed E-state index contributed by atoms with van der Waals surface area (Å²) in [6.07, 6.45) is 0. The second-order valence-electron chi connectivity index (χ2n) is 6.82. The lowest BCUT2D eigenvalue weighted by Gasteiger charge is -2.12. The average molecular weight is 471 g/mol. The maximum Gasteiger partial charge on any atom is 0.340 e. The molecule has 0 aliphatic heterocycles. The van der Waals surface area contributed by atoms with Crippen LogP contribution in [0.4, 0.5) is 15.8 Å². The Balaban J connectivity index is 1.55. The van der Waals surface area contributed by atoms with E-state index < -0.39 is 24.4 Å². The maximum atomic E-state index is 13.2. The molecule has 3 aromatic rings. The molecule has 0 saturated heterocycles. The van der Waals surface area contributed by atoms with Gasteiger partial charge in [0.05, 0.1) is 18.4 Å². The molecule has 0 saturated carbocycles. The summed E-state index contributed by atoms with van der Waals surface area (Å²) in [6.45, 7) is -0.800. The molecule has 2 N–H and O–H groups in total. The van der Waals surface area contributed by atoms with Gasteiger partial charge in [-0.1, -0.05) is 41.9 Å². The van der Waals surface area contributed by atoms with Gasteiger partial charge in [0.15, 0.2) is 0 Å². The number of methoxy groups -OCH3 is 1. The van der Waals surface area contributed by atoms with Gasteiger partial charge in [0.2, 0.25) is 11.8 Å². The van der Waals surface area contributed by atoms with E-state index in [0.717, 1.165) is 5.56 Å². The molecule has 33 heavy (non-hydrogen) atoms. The molecule has 0 radical (unpaired) electrons. The van der Waals surface area contributed by atoms with Gasteiger partial charge in [-0.2, -0.15) is 0 Å². The van der Waals surface area contributed by atoms with Gasteiger partial charge in [0, 0.05) is 16.3 Å². The van der Waals surface area contributed by atoms with Crippen LogP contribution in [0.2, 0.25) is 5.02 Å². The zero-order valence-corrected chi connectivity index (χ0v) is 18.3. The van der Waals surface area contributed by atoms with Crippen molar-refractivity contribution in [2.45, 2.75) is 0 Å². The SMILES string of the molecule is COC(=O)c1cc(Cl)ccc1NC(=O)COCC(=O)Nc1ccccc1-c1ccc(F)cc1. The zero-order chi connectivity index (χ0) is 23.8. The van der Waals surface area contributed by atoms with E-state index in [1.54, 1.807) is 36.4 Å². The van der Waals surface area contributed by atoms with Crippen LogP contribution in [0, 0.1) is 5.82 Å². The summed E-state index contributed by atoms with van der Waals surface area (Å²) in [6, 6.07) is 17.3. The fourth-order valence-corrected chi connectivity index (χ4v) is 3.16. The first-order chi connectivity index (χ1) is 15.9. The maximum absolute atomic E-state index is 13.2. The number of rotatable bonds is 8. The third-order valence-corrected chi connectivity index (χ3v) is 4.72. The van der Waals surface area contributed by atoms with Crippen LogP contribution < -0.4 is 10.6 Å². The van der Waals surface area contributed by atoms with Crippen LogP contribution in [-0.4, -0.2) is 38.1 Å². The number of carbonyl (C=O) groups excluding carboxylic acids is 3. The number of nitrogens with one attached hydrogen (secondary N) is 2. The van der Waals surface area contributed by atoms with E-state index in [1.807, 2.05) is 0 Å². The Bertz CT molecular complexity index is 1170. The average Bonchev–Trinajstić information content (AvgIpc) is 2.80. The molecule has 0 bridgehead atoms. The normalized spacial score (nSPS) is 10.4. The highest BCUT2D eigenvalue weighted by molar-refractivity contribution is 6.31. The first-order valence-corrected chi connectivity index (χ1v) is 10.2. The van der Waals surface area contributed by atoms with Gasteiger partial charge >= 0.3 is 5.97 Å². The minimum Gasteiger partial charge on any atom is -0.465 e. The van der Waals surface area contributed by atoms with Gasteiger partial charge < -0.3 is 20.1 Å². The molecule has 2 amide bonds. The minimum atomic E-state index is -0.659. The van der Waals surface area contributed by atoms with Crippen molar-refractivity contribution in [2.75, 3.05) is 31.0 Å². The van der Waals surface area contributed by atoms with Crippen LogP contribution >= 0.6 is 11.6 Å². The van der Waals surface area contributed by atoms with Crippen molar-refractivity contribution in [3.8, 4) is 11.1 Å². The van der Waals surface area contributed by atoms with E-state index in [1.165, 1.54) is 37.4 Å². The predicted molar refractivity (Wildman–Crippen MR) is 123 cm³/mol. The highest BCUT2D eigenvalue weighted by atomic mass is 35.5. The number of para-hydroxylation sites is 1. The van der Waals surface area contributed by atoms with Crippen LogP contribution in [0.15, 0.2) is 66.7 Å². The van der Waals surface area contributed by atoms with E-state index >= 15 is 0 Å². The first-order valence-electron chi connectivity index (χ1n) is 9.77. The first kappa shape index (κ1) is 23.9. The summed E-state index contributed by atoms with van der Waals surface area (Å²) in [5.41, 5.74) is 2.26. The molecule has 0 aliphatic rings. The molecule has 0 aromatic heterocycles. The van der Waals surface area contributed by atoms with Crippen molar-refractivity contribution >= 4 is 40.8 Å². The molecule has 3 rings (SSSR count). The van der Waals surface area contributed by atoms with Gasteiger partial charge in [-0.05, 0) is 42.0 Å². The second kappa shape index (κ2) is 11.2. The van der Waals surface area contributed by atoms with Gasteiger partial charge in [-0.3, -0.25) is 9.59 Å². The third kappa shape index (κ3) is 6.61. The largest absolute Gasteiger partial charge is 0.465 e. The van der Waals surface area contributed by atoms with Gasteiger partial charge in [0.1, 0.15) is 19.0 Å². The molecule has 0 atom stereocenters. The van der Waals surface area contributed by atoms with Crippen molar-refractivity contribution in [2.24, 2.45) is 0 Å². The molecule has 7 nitrogen and oxygen atoms in total. The van der Waals surface area contributed by atoms with Crippen molar-refractivity contribution in [3.63, 3.8) is 0 Å². The van der Waals surface area contributed by atoms with Crippen molar-refractivity contribution < 1.29 is 28.2 Å². The topological polar surface area (TPSA) is 93.7 Å². The predicted octanol–water partition coefficient (Wildman–Crippen LogP) is 4.53.